The molecule has 0 amide bonds. The zero-order valence-corrected chi connectivity index (χ0v) is 11.1. The van der Waals surface area contributed by atoms with Crippen molar-refractivity contribution >= 4 is 5.97 Å². The summed E-state index contributed by atoms with van der Waals surface area (Å²) in [6, 6.07) is 7.25. The van der Waals surface area contributed by atoms with E-state index in [-0.39, 0.29) is 29.2 Å². The van der Waals surface area contributed by atoms with Gasteiger partial charge in [-0.3, -0.25) is 0 Å². The van der Waals surface area contributed by atoms with Crippen LogP contribution in [0, 0.1) is 11.6 Å². The van der Waals surface area contributed by atoms with Gasteiger partial charge in [0, 0.05) is 11.6 Å². The monoisotopic (exact) mass is 294 g/mol. The first-order chi connectivity index (χ1) is 10.0. The largest absolute Gasteiger partial charge is 0.493 e. The van der Waals surface area contributed by atoms with Gasteiger partial charge in [0.25, 0.3) is 0 Å². The van der Waals surface area contributed by atoms with Crippen molar-refractivity contribution in [2.45, 2.75) is 6.61 Å². The van der Waals surface area contributed by atoms with Gasteiger partial charge < -0.3 is 14.6 Å². The molecule has 0 fully saturated rings. The van der Waals surface area contributed by atoms with Crippen LogP contribution in [0.2, 0.25) is 0 Å². The van der Waals surface area contributed by atoms with Crippen LogP contribution in [-0.4, -0.2) is 18.2 Å². The minimum absolute atomic E-state index is 0.0483. The number of ether oxygens (including phenoxy) is 2. The van der Waals surface area contributed by atoms with Crippen LogP contribution in [0.5, 0.6) is 11.5 Å². The molecule has 0 atom stereocenters. The Morgan fingerprint density at radius 1 is 1.14 bits per heavy atom. The van der Waals surface area contributed by atoms with Gasteiger partial charge in [-0.25, -0.2) is 13.6 Å². The lowest BCUT2D eigenvalue weighted by atomic mass is 10.2. The molecule has 0 saturated carbocycles. The molecule has 2 rings (SSSR count). The minimum Gasteiger partial charge on any atom is -0.493 e. The Balaban J connectivity index is 2.17. The molecule has 2 aromatic rings. The molecule has 21 heavy (non-hydrogen) atoms. The lowest BCUT2D eigenvalue weighted by Crippen LogP contribution is -2.02. The SMILES string of the molecule is COc1cc(C(=O)O)ccc1OCc1ccc(F)cc1F. The molecule has 2 aromatic carbocycles. The van der Waals surface area contributed by atoms with Gasteiger partial charge in [-0.1, -0.05) is 0 Å². The predicted octanol–water partition coefficient (Wildman–Crippen LogP) is 3.25. The van der Waals surface area contributed by atoms with Crippen LogP contribution in [0.3, 0.4) is 0 Å². The standard InChI is InChI=1S/C15H12F2O4/c1-20-14-6-9(15(18)19)3-5-13(14)21-8-10-2-4-11(16)7-12(10)17/h2-7H,8H2,1H3,(H,18,19). The van der Waals surface area contributed by atoms with Crippen molar-refractivity contribution in [3.05, 3.63) is 59.2 Å². The number of halogens is 2. The Labute approximate surface area is 119 Å². The van der Waals surface area contributed by atoms with E-state index in [9.17, 15) is 13.6 Å². The average Bonchev–Trinajstić information content (AvgIpc) is 2.46. The predicted molar refractivity (Wildman–Crippen MR) is 70.6 cm³/mol. The fourth-order valence-electron chi connectivity index (χ4n) is 1.71. The van der Waals surface area contributed by atoms with Crippen molar-refractivity contribution in [2.75, 3.05) is 7.11 Å². The van der Waals surface area contributed by atoms with E-state index in [0.717, 1.165) is 12.1 Å². The van der Waals surface area contributed by atoms with Crippen LogP contribution in [0.1, 0.15) is 15.9 Å². The highest BCUT2D eigenvalue weighted by molar-refractivity contribution is 5.88. The first kappa shape index (κ1) is 14.8. The van der Waals surface area contributed by atoms with Gasteiger partial charge in [0.2, 0.25) is 0 Å². The zero-order valence-electron chi connectivity index (χ0n) is 11.1. The summed E-state index contributed by atoms with van der Waals surface area (Å²) in [6.45, 7) is -0.130. The van der Waals surface area contributed by atoms with Crippen molar-refractivity contribution in [3.8, 4) is 11.5 Å². The van der Waals surface area contributed by atoms with Gasteiger partial charge in [0.1, 0.15) is 18.2 Å². The second-order valence-corrected chi connectivity index (χ2v) is 4.20. The summed E-state index contributed by atoms with van der Waals surface area (Å²) in [6.07, 6.45) is 0. The van der Waals surface area contributed by atoms with Crippen LogP contribution in [0.4, 0.5) is 8.78 Å². The van der Waals surface area contributed by atoms with Gasteiger partial charge in [-0.15, -0.1) is 0 Å². The highest BCUT2D eigenvalue weighted by atomic mass is 19.1. The first-order valence-corrected chi connectivity index (χ1v) is 5.99. The lowest BCUT2D eigenvalue weighted by Gasteiger charge is -2.11. The van der Waals surface area contributed by atoms with Crippen molar-refractivity contribution < 1.29 is 28.2 Å². The van der Waals surface area contributed by atoms with E-state index in [2.05, 4.69) is 0 Å². The molecular weight excluding hydrogens is 282 g/mol. The molecule has 4 nitrogen and oxygen atoms in total. The van der Waals surface area contributed by atoms with E-state index in [1.54, 1.807) is 0 Å². The Morgan fingerprint density at radius 3 is 2.52 bits per heavy atom. The maximum Gasteiger partial charge on any atom is 0.335 e. The molecule has 6 heteroatoms. The highest BCUT2D eigenvalue weighted by Crippen LogP contribution is 2.29. The molecule has 0 aliphatic heterocycles. The van der Waals surface area contributed by atoms with Crippen LogP contribution >= 0.6 is 0 Å². The van der Waals surface area contributed by atoms with Crippen molar-refractivity contribution in [1.82, 2.24) is 0 Å². The van der Waals surface area contributed by atoms with Crippen LogP contribution in [-0.2, 0) is 6.61 Å². The number of benzene rings is 2. The third kappa shape index (κ3) is 3.47. The summed E-state index contributed by atoms with van der Waals surface area (Å²) in [5.74, 6) is -1.98. The smallest absolute Gasteiger partial charge is 0.335 e. The van der Waals surface area contributed by atoms with E-state index in [1.165, 1.54) is 31.4 Å². The number of aromatic carboxylic acids is 1. The molecule has 110 valence electrons. The Kier molecular flexibility index (Phi) is 4.37. The molecular formula is C15H12F2O4. The first-order valence-electron chi connectivity index (χ1n) is 5.99. The Morgan fingerprint density at radius 2 is 1.90 bits per heavy atom. The number of rotatable bonds is 5. The molecule has 0 unspecified atom stereocenters. The maximum atomic E-state index is 13.5. The Bertz CT molecular complexity index is 671. The quantitative estimate of drug-likeness (QED) is 0.919. The molecule has 0 saturated heterocycles. The molecule has 0 aliphatic carbocycles. The highest BCUT2D eigenvalue weighted by Gasteiger charge is 2.11. The lowest BCUT2D eigenvalue weighted by molar-refractivity contribution is 0.0696. The van der Waals surface area contributed by atoms with E-state index in [0.29, 0.717) is 0 Å². The number of methoxy groups -OCH3 is 1. The van der Waals surface area contributed by atoms with E-state index >= 15 is 0 Å². The fraction of sp³-hybridized carbons (Fsp3) is 0.133. The summed E-state index contributed by atoms with van der Waals surface area (Å²) < 4.78 is 36.7. The molecule has 0 aliphatic rings. The number of carboxylic acids is 1. The number of hydrogen-bond acceptors (Lipinski definition) is 3. The summed E-state index contributed by atoms with van der Waals surface area (Å²) in [7, 11) is 1.37. The van der Waals surface area contributed by atoms with Gasteiger partial charge in [0.05, 0.1) is 12.7 Å². The molecule has 0 radical (unpaired) electrons. The summed E-state index contributed by atoms with van der Waals surface area (Å²) in [5.41, 5.74) is 0.230. The number of carboxylic acid groups (broad SMARTS) is 1. The van der Waals surface area contributed by atoms with Crippen molar-refractivity contribution in [2.24, 2.45) is 0 Å². The average molecular weight is 294 g/mol. The van der Waals surface area contributed by atoms with Crippen LogP contribution in [0.15, 0.2) is 36.4 Å². The topological polar surface area (TPSA) is 55.8 Å². The fourth-order valence-corrected chi connectivity index (χ4v) is 1.71. The molecule has 0 bridgehead atoms. The van der Waals surface area contributed by atoms with Gasteiger partial charge in [0.15, 0.2) is 11.5 Å². The maximum absolute atomic E-state index is 13.5. The summed E-state index contributed by atoms with van der Waals surface area (Å²) >= 11 is 0. The zero-order chi connectivity index (χ0) is 15.4. The second-order valence-electron chi connectivity index (χ2n) is 4.20. The van der Waals surface area contributed by atoms with Crippen LogP contribution in [0.25, 0.3) is 0 Å². The van der Waals surface area contributed by atoms with Gasteiger partial charge >= 0.3 is 5.97 Å². The van der Waals surface area contributed by atoms with E-state index in [4.69, 9.17) is 14.6 Å². The number of hydrogen-bond donors (Lipinski definition) is 1. The summed E-state index contributed by atoms with van der Waals surface area (Å²) in [4.78, 5) is 10.9. The molecule has 0 heterocycles. The van der Waals surface area contributed by atoms with Crippen LogP contribution < -0.4 is 9.47 Å². The van der Waals surface area contributed by atoms with Gasteiger partial charge in [-0.05, 0) is 30.3 Å². The third-order valence-corrected chi connectivity index (χ3v) is 2.81. The molecule has 0 aromatic heterocycles. The minimum atomic E-state index is -1.09. The van der Waals surface area contributed by atoms with E-state index in [1.807, 2.05) is 0 Å². The molecule has 0 spiro atoms. The third-order valence-electron chi connectivity index (χ3n) is 2.81. The van der Waals surface area contributed by atoms with Crippen molar-refractivity contribution in [3.63, 3.8) is 0 Å². The number of carbonyl (C=O) groups is 1. The second kappa shape index (κ2) is 6.21. The van der Waals surface area contributed by atoms with Crippen molar-refractivity contribution in [1.29, 1.82) is 0 Å². The molecule has 1 N–H and O–H groups in total. The Hall–Kier alpha value is -2.63. The summed E-state index contributed by atoms with van der Waals surface area (Å²) in [5, 5.41) is 8.88. The van der Waals surface area contributed by atoms with Gasteiger partial charge in [-0.2, -0.15) is 0 Å². The van der Waals surface area contributed by atoms with E-state index < -0.39 is 17.6 Å². The normalized spacial score (nSPS) is 10.2.